The lowest BCUT2D eigenvalue weighted by Gasteiger charge is -2.02. The molecule has 52 valence electrons. The molecule has 0 aromatic heterocycles. The Labute approximate surface area is 55.5 Å². The zero-order valence-corrected chi connectivity index (χ0v) is 5.67. The Balaban J connectivity index is 2.11. The molecule has 0 atom stereocenters. The summed E-state index contributed by atoms with van der Waals surface area (Å²) >= 11 is 0. The number of ether oxygens (including phenoxy) is 2. The highest BCUT2D eigenvalue weighted by atomic mass is 16.7. The zero-order chi connectivity index (χ0) is 6.53. The van der Waals surface area contributed by atoms with E-state index in [-0.39, 0.29) is 6.29 Å². The van der Waals surface area contributed by atoms with Gasteiger partial charge in [0.1, 0.15) is 0 Å². The quantitative estimate of drug-likeness (QED) is 0.522. The van der Waals surface area contributed by atoms with E-state index >= 15 is 0 Å². The maximum Gasteiger partial charge on any atom is 0.161 e. The predicted octanol–water partition coefficient (Wildman–Crippen LogP) is 1.33. The Morgan fingerprint density at radius 2 is 2.11 bits per heavy atom. The summed E-state index contributed by atoms with van der Waals surface area (Å²) in [5, 5.41) is 0. The van der Waals surface area contributed by atoms with Crippen molar-refractivity contribution in [2.24, 2.45) is 0 Å². The van der Waals surface area contributed by atoms with Crippen LogP contribution in [0.15, 0.2) is 12.2 Å². The first-order valence-electron chi connectivity index (χ1n) is 3.28. The lowest BCUT2D eigenvalue weighted by atomic mass is 10.4. The first kappa shape index (κ1) is 6.78. The maximum atomic E-state index is 5.18. The molecular formula is C7H12O2. The van der Waals surface area contributed by atoms with Crippen LogP contribution in [0.2, 0.25) is 0 Å². The first-order chi connectivity index (χ1) is 4.43. The Bertz CT molecular complexity index is 93.1. The van der Waals surface area contributed by atoms with Crippen LogP contribution in [0.25, 0.3) is 0 Å². The van der Waals surface area contributed by atoms with Crippen LogP contribution in [0.5, 0.6) is 0 Å². The Morgan fingerprint density at radius 1 is 1.44 bits per heavy atom. The second-order valence-electron chi connectivity index (χ2n) is 1.98. The van der Waals surface area contributed by atoms with Crippen LogP contribution in [0, 0.1) is 0 Å². The van der Waals surface area contributed by atoms with E-state index < -0.39 is 0 Å². The minimum absolute atomic E-state index is 0.0289. The molecule has 0 saturated carbocycles. The van der Waals surface area contributed by atoms with Crippen molar-refractivity contribution in [1.82, 2.24) is 0 Å². The normalized spacial score (nSPS) is 21.9. The van der Waals surface area contributed by atoms with Crippen LogP contribution in [-0.2, 0) is 9.47 Å². The Kier molecular flexibility index (Phi) is 2.74. The average molecular weight is 128 g/mol. The fraction of sp³-hybridized carbons (Fsp3) is 0.714. The van der Waals surface area contributed by atoms with Crippen molar-refractivity contribution < 1.29 is 9.47 Å². The summed E-state index contributed by atoms with van der Waals surface area (Å²) < 4.78 is 10.4. The molecular weight excluding hydrogens is 116 g/mol. The molecule has 0 aliphatic carbocycles. The number of hydrogen-bond acceptors (Lipinski definition) is 2. The monoisotopic (exact) mass is 128 g/mol. The molecule has 0 aromatic rings. The summed E-state index contributed by atoms with van der Waals surface area (Å²) in [7, 11) is 0. The van der Waals surface area contributed by atoms with Crippen molar-refractivity contribution in [2.75, 3.05) is 13.2 Å². The van der Waals surface area contributed by atoms with Gasteiger partial charge in [0.25, 0.3) is 0 Å². The molecule has 1 saturated heterocycles. The van der Waals surface area contributed by atoms with E-state index in [0.717, 1.165) is 19.6 Å². The van der Waals surface area contributed by atoms with Gasteiger partial charge in [-0.1, -0.05) is 12.2 Å². The van der Waals surface area contributed by atoms with Gasteiger partial charge in [-0.05, 0) is 6.92 Å². The molecule has 0 spiro atoms. The van der Waals surface area contributed by atoms with Crippen LogP contribution in [0.3, 0.4) is 0 Å². The van der Waals surface area contributed by atoms with Gasteiger partial charge in [0, 0.05) is 6.42 Å². The third kappa shape index (κ3) is 2.16. The minimum atomic E-state index is 0.0289. The van der Waals surface area contributed by atoms with Crippen molar-refractivity contribution in [3.8, 4) is 0 Å². The molecule has 2 nitrogen and oxygen atoms in total. The van der Waals surface area contributed by atoms with Crippen molar-refractivity contribution in [1.29, 1.82) is 0 Å². The number of allylic oxidation sites excluding steroid dienone is 1. The molecule has 1 rings (SSSR count). The van der Waals surface area contributed by atoms with Gasteiger partial charge in [-0.25, -0.2) is 0 Å². The molecule has 1 fully saturated rings. The van der Waals surface area contributed by atoms with E-state index in [2.05, 4.69) is 6.08 Å². The van der Waals surface area contributed by atoms with Gasteiger partial charge in [0.05, 0.1) is 13.2 Å². The minimum Gasteiger partial charge on any atom is -0.350 e. The summed E-state index contributed by atoms with van der Waals surface area (Å²) in [6, 6.07) is 0. The molecule has 1 aliphatic heterocycles. The molecule has 2 heteroatoms. The third-order valence-corrected chi connectivity index (χ3v) is 1.26. The van der Waals surface area contributed by atoms with Crippen LogP contribution in [0.1, 0.15) is 13.3 Å². The second kappa shape index (κ2) is 3.64. The smallest absolute Gasteiger partial charge is 0.161 e. The van der Waals surface area contributed by atoms with Crippen LogP contribution in [-0.4, -0.2) is 19.5 Å². The number of hydrogen-bond donors (Lipinski definition) is 0. The highest BCUT2D eigenvalue weighted by molar-refractivity contribution is 4.78. The van der Waals surface area contributed by atoms with Crippen LogP contribution < -0.4 is 0 Å². The van der Waals surface area contributed by atoms with E-state index in [0.29, 0.717) is 0 Å². The lowest BCUT2D eigenvalue weighted by Crippen LogP contribution is -2.04. The Morgan fingerprint density at radius 3 is 2.67 bits per heavy atom. The lowest BCUT2D eigenvalue weighted by molar-refractivity contribution is -0.0380. The van der Waals surface area contributed by atoms with Gasteiger partial charge < -0.3 is 9.47 Å². The summed E-state index contributed by atoms with van der Waals surface area (Å²) in [6.07, 6.45) is 4.97. The van der Waals surface area contributed by atoms with E-state index in [1.165, 1.54) is 0 Å². The molecule has 0 N–H and O–H groups in total. The SMILES string of the molecule is CC=CCC1OCCO1. The third-order valence-electron chi connectivity index (χ3n) is 1.26. The van der Waals surface area contributed by atoms with E-state index in [9.17, 15) is 0 Å². The summed E-state index contributed by atoms with van der Waals surface area (Å²) in [5.41, 5.74) is 0. The highest BCUT2D eigenvalue weighted by Gasteiger charge is 2.12. The first-order valence-corrected chi connectivity index (χ1v) is 3.28. The van der Waals surface area contributed by atoms with Crippen molar-refractivity contribution >= 4 is 0 Å². The predicted molar refractivity (Wildman–Crippen MR) is 35.1 cm³/mol. The molecule has 1 heterocycles. The van der Waals surface area contributed by atoms with Gasteiger partial charge in [-0.3, -0.25) is 0 Å². The summed E-state index contributed by atoms with van der Waals surface area (Å²) in [4.78, 5) is 0. The van der Waals surface area contributed by atoms with Gasteiger partial charge in [0.15, 0.2) is 6.29 Å². The van der Waals surface area contributed by atoms with Gasteiger partial charge in [0.2, 0.25) is 0 Å². The van der Waals surface area contributed by atoms with Crippen LogP contribution in [0.4, 0.5) is 0 Å². The van der Waals surface area contributed by atoms with Crippen molar-refractivity contribution in [2.45, 2.75) is 19.6 Å². The molecule has 9 heavy (non-hydrogen) atoms. The largest absolute Gasteiger partial charge is 0.350 e. The molecule has 0 aromatic carbocycles. The molecule has 0 radical (unpaired) electrons. The second-order valence-corrected chi connectivity index (χ2v) is 1.98. The van der Waals surface area contributed by atoms with Crippen molar-refractivity contribution in [3.05, 3.63) is 12.2 Å². The van der Waals surface area contributed by atoms with E-state index in [4.69, 9.17) is 9.47 Å². The van der Waals surface area contributed by atoms with E-state index in [1.807, 2.05) is 13.0 Å². The Hall–Kier alpha value is -0.340. The zero-order valence-electron chi connectivity index (χ0n) is 5.67. The highest BCUT2D eigenvalue weighted by Crippen LogP contribution is 2.07. The van der Waals surface area contributed by atoms with Gasteiger partial charge in [-0.2, -0.15) is 0 Å². The average Bonchev–Trinajstić information content (AvgIpc) is 2.34. The molecule has 0 bridgehead atoms. The van der Waals surface area contributed by atoms with Crippen LogP contribution >= 0.6 is 0 Å². The van der Waals surface area contributed by atoms with Crippen molar-refractivity contribution in [3.63, 3.8) is 0 Å². The fourth-order valence-electron chi connectivity index (χ4n) is 0.791. The fourth-order valence-corrected chi connectivity index (χ4v) is 0.791. The summed E-state index contributed by atoms with van der Waals surface area (Å²) in [5.74, 6) is 0. The van der Waals surface area contributed by atoms with E-state index in [1.54, 1.807) is 0 Å². The number of rotatable bonds is 2. The standard InChI is InChI=1S/C7H12O2/c1-2-3-4-7-8-5-6-9-7/h2-3,7H,4-6H2,1H3. The molecule has 0 amide bonds. The maximum absolute atomic E-state index is 5.18. The van der Waals surface area contributed by atoms with Gasteiger partial charge in [-0.15, -0.1) is 0 Å². The molecule has 1 aliphatic rings. The topological polar surface area (TPSA) is 18.5 Å². The van der Waals surface area contributed by atoms with Gasteiger partial charge >= 0.3 is 0 Å². The summed E-state index contributed by atoms with van der Waals surface area (Å²) in [6.45, 7) is 3.50. The molecule has 0 unspecified atom stereocenters.